The zero-order chi connectivity index (χ0) is 20.5. The number of piperidine rings is 1. The number of ether oxygens (including phenoxy) is 1. The summed E-state index contributed by atoms with van der Waals surface area (Å²) in [7, 11) is 0. The standard InChI is InChI=1S/C24H29ClN4O/c1-16-23(29-11-7-19(8-12-29)30-15-17-3-2-4-17)6-10-27-24(16)28-18-13-21(25)20-5-9-26-22(20)14-18/h5-6,9-10,13-14,17,19,26H,2-4,7-8,11-12,15H2,1H3,(H,27,28). The van der Waals surface area contributed by atoms with Gasteiger partial charge in [-0.1, -0.05) is 18.0 Å². The maximum absolute atomic E-state index is 6.43. The average Bonchev–Trinajstić information content (AvgIpc) is 3.18. The summed E-state index contributed by atoms with van der Waals surface area (Å²) in [5.41, 5.74) is 4.36. The third-order valence-corrected chi connectivity index (χ3v) is 6.94. The Morgan fingerprint density at radius 3 is 2.80 bits per heavy atom. The second kappa shape index (κ2) is 8.48. The highest BCUT2D eigenvalue weighted by Crippen LogP contribution is 2.33. The number of aromatic amines is 1. The van der Waals surface area contributed by atoms with Gasteiger partial charge in [-0.25, -0.2) is 4.98 Å². The number of benzene rings is 1. The summed E-state index contributed by atoms with van der Waals surface area (Å²) in [6.45, 7) is 5.15. The first-order valence-electron chi connectivity index (χ1n) is 11.0. The van der Waals surface area contributed by atoms with Crippen LogP contribution in [0.25, 0.3) is 10.9 Å². The molecule has 3 aromatic rings. The van der Waals surface area contributed by atoms with Crippen LogP contribution in [0, 0.1) is 12.8 Å². The Hall–Kier alpha value is -2.24. The molecule has 6 heteroatoms. The van der Waals surface area contributed by atoms with Crippen molar-refractivity contribution in [2.24, 2.45) is 5.92 Å². The van der Waals surface area contributed by atoms with Crippen molar-refractivity contribution in [3.05, 3.63) is 47.2 Å². The lowest BCUT2D eigenvalue weighted by Crippen LogP contribution is -2.38. The summed E-state index contributed by atoms with van der Waals surface area (Å²) in [6.07, 6.45) is 10.5. The minimum absolute atomic E-state index is 0.413. The van der Waals surface area contributed by atoms with Crippen molar-refractivity contribution in [3.63, 3.8) is 0 Å². The minimum atomic E-state index is 0.413. The number of hydrogen-bond acceptors (Lipinski definition) is 4. The summed E-state index contributed by atoms with van der Waals surface area (Å²) in [6, 6.07) is 8.14. The van der Waals surface area contributed by atoms with Crippen molar-refractivity contribution >= 4 is 39.7 Å². The molecule has 0 spiro atoms. The highest BCUT2D eigenvalue weighted by atomic mass is 35.5. The topological polar surface area (TPSA) is 53.2 Å². The zero-order valence-electron chi connectivity index (χ0n) is 17.5. The van der Waals surface area contributed by atoms with Gasteiger partial charge in [0.2, 0.25) is 0 Å². The third kappa shape index (κ3) is 4.01. The van der Waals surface area contributed by atoms with Crippen LogP contribution in [0.1, 0.15) is 37.7 Å². The molecule has 1 saturated heterocycles. The number of hydrogen-bond donors (Lipinski definition) is 2. The van der Waals surface area contributed by atoms with Gasteiger partial charge in [0, 0.05) is 59.9 Å². The van der Waals surface area contributed by atoms with E-state index >= 15 is 0 Å². The molecule has 0 unspecified atom stereocenters. The van der Waals surface area contributed by atoms with Crippen LogP contribution >= 0.6 is 11.6 Å². The Bertz CT molecular complexity index is 1020. The minimum Gasteiger partial charge on any atom is -0.378 e. The van der Waals surface area contributed by atoms with E-state index in [-0.39, 0.29) is 0 Å². The molecule has 2 fully saturated rings. The van der Waals surface area contributed by atoms with Gasteiger partial charge in [-0.15, -0.1) is 0 Å². The molecule has 1 aliphatic heterocycles. The second-order valence-electron chi connectivity index (χ2n) is 8.64. The highest BCUT2D eigenvalue weighted by Gasteiger charge is 2.24. The summed E-state index contributed by atoms with van der Waals surface area (Å²) >= 11 is 6.43. The van der Waals surface area contributed by atoms with Gasteiger partial charge in [-0.05, 0) is 62.8 Å². The lowest BCUT2D eigenvalue weighted by Gasteiger charge is -2.36. The van der Waals surface area contributed by atoms with E-state index in [1.807, 2.05) is 24.5 Å². The van der Waals surface area contributed by atoms with Crippen molar-refractivity contribution in [1.82, 2.24) is 9.97 Å². The van der Waals surface area contributed by atoms with Crippen molar-refractivity contribution in [1.29, 1.82) is 0 Å². The van der Waals surface area contributed by atoms with Gasteiger partial charge in [-0.3, -0.25) is 0 Å². The molecule has 1 aromatic carbocycles. The predicted molar refractivity (Wildman–Crippen MR) is 124 cm³/mol. The van der Waals surface area contributed by atoms with E-state index in [1.165, 1.54) is 24.9 Å². The first kappa shape index (κ1) is 19.7. The Morgan fingerprint density at radius 1 is 1.20 bits per heavy atom. The molecule has 0 amide bonds. The normalized spacial score (nSPS) is 18.0. The van der Waals surface area contributed by atoms with Gasteiger partial charge in [0.1, 0.15) is 5.82 Å². The first-order chi connectivity index (χ1) is 14.7. The smallest absolute Gasteiger partial charge is 0.135 e. The zero-order valence-corrected chi connectivity index (χ0v) is 18.2. The van der Waals surface area contributed by atoms with Crippen LogP contribution in [-0.4, -0.2) is 35.8 Å². The maximum Gasteiger partial charge on any atom is 0.135 e. The number of nitrogens with one attached hydrogen (secondary N) is 2. The fourth-order valence-corrected chi connectivity index (χ4v) is 4.80. The molecule has 158 valence electrons. The summed E-state index contributed by atoms with van der Waals surface area (Å²) in [5.74, 6) is 1.69. The number of rotatable bonds is 6. The highest BCUT2D eigenvalue weighted by molar-refractivity contribution is 6.35. The SMILES string of the molecule is Cc1c(N2CCC(OCC3CCC3)CC2)ccnc1Nc1cc(Cl)c2cc[nH]c2c1. The Balaban J connectivity index is 1.26. The van der Waals surface area contributed by atoms with Gasteiger partial charge in [-0.2, -0.15) is 0 Å². The molecule has 1 aliphatic carbocycles. The van der Waals surface area contributed by atoms with E-state index in [0.717, 1.165) is 71.5 Å². The van der Waals surface area contributed by atoms with E-state index in [0.29, 0.717) is 6.10 Å². The number of halogens is 1. The quantitative estimate of drug-likeness (QED) is 0.505. The van der Waals surface area contributed by atoms with Crippen LogP contribution < -0.4 is 10.2 Å². The molecule has 2 aromatic heterocycles. The summed E-state index contributed by atoms with van der Waals surface area (Å²) < 4.78 is 6.18. The lowest BCUT2D eigenvalue weighted by atomic mass is 9.86. The maximum atomic E-state index is 6.43. The van der Waals surface area contributed by atoms with Gasteiger partial charge in [0.25, 0.3) is 0 Å². The van der Waals surface area contributed by atoms with E-state index in [2.05, 4.69) is 39.2 Å². The summed E-state index contributed by atoms with van der Waals surface area (Å²) in [4.78, 5) is 10.3. The third-order valence-electron chi connectivity index (χ3n) is 6.63. The van der Waals surface area contributed by atoms with Crippen LogP contribution in [0.4, 0.5) is 17.2 Å². The average molecular weight is 425 g/mol. The number of aromatic nitrogens is 2. The van der Waals surface area contributed by atoms with Crippen molar-refractivity contribution in [3.8, 4) is 0 Å². The number of anilines is 3. The molecule has 30 heavy (non-hydrogen) atoms. The first-order valence-corrected chi connectivity index (χ1v) is 11.4. The number of nitrogens with zero attached hydrogens (tertiary/aromatic N) is 2. The van der Waals surface area contributed by atoms with Crippen molar-refractivity contribution in [2.45, 2.75) is 45.1 Å². The van der Waals surface area contributed by atoms with Crippen molar-refractivity contribution < 1.29 is 4.74 Å². The molecule has 1 saturated carbocycles. The molecule has 0 atom stereocenters. The molecule has 0 bridgehead atoms. The lowest BCUT2D eigenvalue weighted by molar-refractivity contribution is -0.000946. The van der Waals surface area contributed by atoms with Crippen LogP contribution in [-0.2, 0) is 4.74 Å². The molecule has 0 radical (unpaired) electrons. The monoisotopic (exact) mass is 424 g/mol. The predicted octanol–water partition coefficient (Wildman–Crippen LogP) is 6.05. The number of fused-ring (bicyclic) bond motifs is 1. The Morgan fingerprint density at radius 2 is 2.03 bits per heavy atom. The molecule has 3 heterocycles. The molecular weight excluding hydrogens is 396 g/mol. The molecule has 5 nitrogen and oxygen atoms in total. The van der Waals surface area contributed by atoms with Crippen LogP contribution in [0.15, 0.2) is 36.7 Å². The molecule has 2 N–H and O–H groups in total. The van der Waals surface area contributed by atoms with E-state index in [1.54, 1.807) is 0 Å². The Labute approximate surface area is 182 Å². The van der Waals surface area contributed by atoms with Crippen LogP contribution in [0.3, 0.4) is 0 Å². The number of H-pyrrole nitrogens is 1. The largest absolute Gasteiger partial charge is 0.378 e. The molecular formula is C24H29ClN4O. The van der Waals surface area contributed by atoms with Crippen molar-refractivity contribution in [2.75, 3.05) is 29.9 Å². The van der Waals surface area contributed by atoms with Gasteiger partial charge >= 0.3 is 0 Å². The fraction of sp³-hybridized carbons (Fsp3) is 0.458. The van der Waals surface area contributed by atoms with Crippen LogP contribution in [0.5, 0.6) is 0 Å². The van der Waals surface area contributed by atoms with E-state index in [9.17, 15) is 0 Å². The van der Waals surface area contributed by atoms with Gasteiger partial charge in [0.15, 0.2) is 0 Å². The Kier molecular flexibility index (Phi) is 5.57. The summed E-state index contributed by atoms with van der Waals surface area (Å²) in [5, 5.41) is 5.22. The second-order valence-corrected chi connectivity index (χ2v) is 9.05. The van der Waals surface area contributed by atoms with Gasteiger partial charge < -0.3 is 19.9 Å². The fourth-order valence-electron chi connectivity index (χ4n) is 4.52. The molecule has 2 aliphatic rings. The van der Waals surface area contributed by atoms with Crippen LogP contribution in [0.2, 0.25) is 5.02 Å². The number of pyridine rings is 1. The van der Waals surface area contributed by atoms with Gasteiger partial charge in [0.05, 0.1) is 11.1 Å². The van der Waals surface area contributed by atoms with E-state index < -0.39 is 0 Å². The van der Waals surface area contributed by atoms with E-state index in [4.69, 9.17) is 16.3 Å². The molecule has 5 rings (SSSR count).